The van der Waals surface area contributed by atoms with Gasteiger partial charge >= 0.3 is 5.97 Å². The maximum atomic E-state index is 13.1. The molecular weight excluding hydrogens is 309 g/mol. The predicted octanol–water partition coefficient (Wildman–Crippen LogP) is 3.49. The van der Waals surface area contributed by atoms with Gasteiger partial charge in [0.15, 0.2) is 0 Å². The summed E-state index contributed by atoms with van der Waals surface area (Å²) in [5.74, 6) is -0.634. The first-order valence-electron chi connectivity index (χ1n) is 7.97. The zero-order chi connectivity index (χ0) is 17.1. The number of methoxy groups -OCH3 is 1. The number of piperidine rings is 1. The molecule has 0 saturated carbocycles. The summed E-state index contributed by atoms with van der Waals surface area (Å²) in [6.45, 7) is 0. The van der Waals surface area contributed by atoms with Crippen molar-refractivity contribution in [3.63, 3.8) is 0 Å². The van der Waals surface area contributed by atoms with Crippen molar-refractivity contribution >= 4 is 5.97 Å². The van der Waals surface area contributed by atoms with Gasteiger partial charge in [0, 0.05) is 12.1 Å². The number of phenols is 1. The highest BCUT2D eigenvalue weighted by molar-refractivity contribution is 5.73. The van der Waals surface area contributed by atoms with Crippen LogP contribution >= 0.6 is 0 Å². The molecule has 2 aromatic rings. The number of aromatic hydroxyl groups is 1. The number of rotatable bonds is 3. The minimum atomic E-state index is -0.295. The third-order valence-electron chi connectivity index (χ3n) is 4.58. The lowest BCUT2D eigenvalue weighted by Crippen LogP contribution is -2.40. The molecule has 0 unspecified atom stereocenters. The number of hydrogen-bond donors (Lipinski definition) is 2. The van der Waals surface area contributed by atoms with E-state index in [0.717, 1.165) is 17.5 Å². The Labute approximate surface area is 140 Å². The number of phenolic OH excluding ortho intramolecular Hbond substituents is 1. The number of halogens is 1. The van der Waals surface area contributed by atoms with Gasteiger partial charge in [-0.2, -0.15) is 0 Å². The van der Waals surface area contributed by atoms with Crippen molar-refractivity contribution in [3.05, 3.63) is 65.5 Å². The zero-order valence-corrected chi connectivity index (χ0v) is 13.4. The van der Waals surface area contributed by atoms with E-state index >= 15 is 0 Å². The van der Waals surface area contributed by atoms with Crippen LogP contribution in [-0.4, -0.2) is 18.2 Å². The molecule has 2 N–H and O–H groups in total. The third kappa shape index (κ3) is 3.41. The smallest absolute Gasteiger partial charge is 0.310 e. The van der Waals surface area contributed by atoms with Crippen LogP contribution in [0.1, 0.15) is 36.1 Å². The monoisotopic (exact) mass is 329 g/mol. The van der Waals surface area contributed by atoms with Crippen LogP contribution in [0.15, 0.2) is 48.5 Å². The fourth-order valence-electron chi connectivity index (χ4n) is 3.30. The maximum absolute atomic E-state index is 13.1. The van der Waals surface area contributed by atoms with E-state index in [9.17, 15) is 14.3 Å². The molecule has 0 amide bonds. The number of benzene rings is 2. The first-order valence-corrected chi connectivity index (χ1v) is 7.97. The van der Waals surface area contributed by atoms with Crippen molar-refractivity contribution in [1.82, 2.24) is 5.32 Å². The molecule has 0 aromatic heterocycles. The Kier molecular flexibility index (Phi) is 4.81. The Morgan fingerprint density at radius 2 is 1.71 bits per heavy atom. The van der Waals surface area contributed by atoms with E-state index in [4.69, 9.17) is 4.74 Å². The van der Waals surface area contributed by atoms with Gasteiger partial charge in [0.1, 0.15) is 11.6 Å². The first kappa shape index (κ1) is 16.5. The summed E-state index contributed by atoms with van der Waals surface area (Å²) in [6, 6.07) is 13.0. The van der Waals surface area contributed by atoms with Gasteiger partial charge in [-0.05, 0) is 48.2 Å². The quantitative estimate of drug-likeness (QED) is 0.847. The van der Waals surface area contributed by atoms with Gasteiger partial charge in [0.05, 0.1) is 13.0 Å². The molecule has 4 nitrogen and oxygen atoms in total. The molecule has 5 heteroatoms. The fourth-order valence-corrected chi connectivity index (χ4v) is 3.30. The van der Waals surface area contributed by atoms with Crippen LogP contribution < -0.4 is 5.32 Å². The summed E-state index contributed by atoms with van der Waals surface area (Å²) in [5.41, 5.74) is 1.90. The van der Waals surface area contributed by atoms with E-state index in [1.54, 1.807) is 36.4 Å². The number of hydrogen-bond acceptors (Lipinski definition) is 4. The van der Waals surface area contributed by atoms with Crippen molar-refractivity contribution in [2.24, 2.45) is 5.92 Å². The molecule has 1 aliphatic heterocycles. The molecule has 1 fully saturated rings. The Morgan fingerprint density at radius 3 is 2.33 bits per heavy atom. The van der Waals surface area contributed by atoms with Gasteiger partial charge in [-0.15, -0.1) is 0 Å². The second-order valence-electron chi connectivity index (χ2n) is 6.05. The van der Waals surface area contributed by atoms with Crippen LogP contribution in [-0.2, 0) is 9.53 Å². The SMILES string of the molecule is COC(=O)[C@H]1CC[C@H](c2ccc(F)cc2)N[C@@H]1c1ccc(O)cc1. The second kappa shape index (κ2) is 7.01. The van der Waals surface area contributed by atoms with Crippen LogP contribution in [0.4, 0.5) is 4.39 Å². The highest BCUT2D eigenvalue weighted by Crippen LogP contribution is 2.38. The lowest BCUT2D eigenvalue weighted by molar-refractivity contribution is -0.147. The summed E-state index contributed by atoms with van der Waals surface area (Å²) < 4.78 is 18.1. The number of nitrogens with one attached hydrogen (secondary N) is 1. The Bertz CT molecular complexity index is 700. The average Bonchev–Trinajstić information content (AvgIpc) is 2.62. The van der Waals surface area contributed by atoms with E-state index in [1.165, 1.54) is 19.2 Å². The van der Waals surface area contributed by atoms with Crippen LogP contribution in [0.25, 0.3) is 0 Å². The van der Waals surface area contributed by atoms with Crippen molar-refractivity contribution in [3.8, 4) is 5.75 Å². The standard InChI is InChI=1S/C19H20FNO3/c1-24-19(23)16-10-11-17(12-2-6-14(20)7-3-12)21-18(16)13-4-8-15(22)9-5-13/h2-9,16-18,21-22H,10-11H2,1H3/t16-,17+,18+/m0/s1. The van der Waals surface area contributed by atoms with Crippen molar-refractivity contribution in [2.45, 2.75) is 24.9 Å². The van der Waals surface area contributed by atoms with E-state index < -0.39 is 0 Å². The summed E-state index contributed by atoms with van der Waals surface area (Å²) in [4.78, 5) is 12.1. The molecule has 3 rings (SSSR count). The molecule has 1 heterocycles. The van der Waals surface area contributed by atoms with Crippen LogP contribution in [0.3, 0.4) is 0 Å². The van der Waals surface area contributed by atoms with Crippen molar-refractivity contribution in [2.75, 3.05) is 7.11 Å². The Hall–Kier alpha value is -2.40. The molecule has 24 heavy (non-hydrogen) atoms. The van der Waals surface area contributed by atoms with Crippen LogP contribution in [0.2, 0.25) is 0 Å². The molecule has 0 bridgehead atoms. The van der Waals surface area contributed by atoms with Gasteiger partial charge in [0.2, 0.25) is 0 Å². The lowest BCUT2D eigenvalue weighted by atomic mass is 9.82. The van der Waals surface area contributed by atoms with E-state index in [1.807, 2.05) is 0 Å². The van der Waals surface area contributed by atoms with Crippen molar-refractivity contribution < 1.29 is 19.0 Å². The first-order chi connectivity index (χ1) is 11.6. The Balaban J connectivity index is 1.88. The summed E-state index contributed by atoms with van der Waals surface area (Å²) in [5, 5.41) is 13.0. The average molecular weight is 329 g/mol. The summed E-state index contributed by atoms with van der Waals surface area (Å²) >= 11 is 0. The predicted molar refractivity (Wildman–Crippen MR) is 87.9 cm³/mol. The maximum Gasteiger partial charge on any atom is 0.310 e. The highest BCUT2D eigenvalue weighted by atomic mass is 19.1. The van der Waals surface area contributed by atoms with Gasteiger partial charge in [-0.1, -0.05) is 24.3 Å². The number of carbonyl (C=O) groups is 1. The molecule has 1 aliphatic rings. The molecule has 0 aliphatic carbocycles. The third-order valence-corrected chi connectivity index (χ3v) is 4.58. The number of esters is 1. The van der Waals surface area contributed by atoms with Crippen LogP contribution in [0.5, 0.6) is 5.75 Å². The molecule has 3 atom stereocenters. The molecule has 2 aromatic carbocycles. The molecule has 1 saturated heterocycles. The van der Waals surface area contributed by atoms with Crippen LogP contribution in [0, 0.1) is 11.7 Å². The highest BCUT2D eigenvalue weighted by Gasteiger charge is 2.36. The van der Waals surface area contributed by atoms with Gasteiger partial charge < -0.3 is 15.2 Å². The van der Waals surface area contributed by atoms with Gasteiger partial charge in [-0.3, -0.25) is 4.79 Å². The minimum Gasteiger partial charge on any atom is -0.508 e. The largest absolute Gasteiger partial charge is 0.508 e. The minimum absolute atomic E-state index is 0.0327. The molecular formula is C19H20FNO3. The molecule has 0 spiro atoms. The van der Waals surface area contributed by atoms with Crippen molar-refractivity contribution in [1.29, 1.82) is 0 Å². The topological polar surface area (TPSA) is 58.6 Å². The van der Waals surface area contributed by atoms with E-state index in [0.29, 0.717) is 6.42 Å². The fraction of sp³-hybridized carbons (Fsp3) is 0.316. The van der Waals surface area contributed by atoms with Gasteiger partial charge in [0.25, 0.3) is 0 Å². The number of carbonyl (C=O) groups excluding carboxylic acids is 1. The molecule has 0 radical (unpaired) electrons. The Morgan fingerprint density at radius 1 is 1.08 bits per heavy atom. The number of ether oxygens (including phenoxy) is 1. The normalized spacial score (nSPS) is 23.7. The second-order valence-corrected chi connectivity index (χ2v) is 6.05. The molecule has 126 valence electrons. The zero-order valence-electron chi connectivity index (χ0n) is 13.4. The summed E-state index contributed by atoms with van der Waals surface area (Å²) in [7, 11) is 1.39. The summed E-state index contributed by atoms with van der Waals surface area (Å²) in [6.07, 6.45) is 1.44. The van der Waals surface area contributed by atoms with E-state index in [-0.39, 0.29) is 35.5 Å². The van der Waals surface area contributed by atoms with Gasteiger partial charge in [-0.25, -0.2) is 4.39 Å². The lowest BCUT2D eigenvalue weighted by Gasteiger charge is -2.36. The van der Waals surface area contributed by atoms with E-state index in [2.05, 4.69) is 5.32 Å².